The number of pyridine rings is 1. The number of rotatable bonds is 6. The van der Waals surface area contributed by atoms with E-state index < -0.39 is 0 Å². The zero-order chi connectivity index (χ0) is 17.6. The molecule has 4 nitrogen and oxygen atoms in total. The van der Waals surface area contributed by atoms with Gasteiger partial charge in [-0.25, -0.2) is 4.98 Å². The van der Waals surface area contributed by atoms with Crippen LogP contribution in [0.4, 0.5) is 0 Å². The third-order valence-corrected chi connectivity index (χ3v) is 5.27. The number of hydrogen-bond donors (Lipinski definition) is 1. The molecule has 0 aliphatic rings. The molecule has 0 aliphatic carbocycles. The lowest BCUT2D eigenvalue weighted by molar-refractivity contribution is -0.120. The zero-order valence-corrected chi connectivity index (χ0v) is 15.4. The van der Waals surface area contributed by atoms with Crippen molar-refractivity contribution in [3.63, 3.8) is 0 Å². The molecule has 3 rings (SSSR count). The number of halogens is 1. The van der Waals surface area contributed by atoms with Crippen molar-refractivity contribution >= 4 is 28.8 Å². The number of hydrogen-bond acceptors (Lipinski definition) is 4. The number of nitrogens with zero attached hydrogens (tertiary/aromatic N) is 2. The van der Waals surface area contributed by atoms with Crippen LogP contribution in [0.2, 0.25) is 5.02 Å². The Morgan fingerprint density at radius 2 is 2.04 bits per heavy atom. The van der Waals surface area contributed by atoms with Crippen LogP contribution in [-0.4, -0.2) is 22.4 Å². The summed E-state index contributed by atoms with van der Waals surface area (Å²) in [6.45, 7) is 2.60. The Balaban J connectivity index is 1.53. The molecule has 1 amide bonds. The second-order valence-corrected chi connectivity index (χ2v) is 7.19. The standard InChI is InChI=1S/C19H18ClN3OS/c1-13-17(25-19(23-13)15-3-2-9-21-12-15)8-10-22-18(24)11-14-4-6-16(20)7-5-14/h2-7,9,12H,8,10-11H2,1H3,(H,22,24). The molecular formula is C19H18ClN3OS. The first-order valence-corrected chi connectivity index (χ1v) is 9.19. The van der Waals surface area contributed by atoms with Gasteiger partial charge in [0.15, 0.2) is 0 Å². The number of nitrogens with one attached hydrogen (secondary N) is 1. The number of carbonyl (C=O) groups is 1. The van der Waals surface area contributed by atoms with Crippen LogP contribution in [-0.2, 0) is 17.6 Å². The van der Waals surface area contributed by atoms with E-state index in [-0.39, 0.29) is 5.91 Å². The fraction of sp³-hybridized carbons (Fsp3) is 0.211. The molecule has 2 heterocycles. The average Bonchev–Trinajstić information content (AvgIpc) is 2.99. The Morgan fingerprint density at radius 3 is 2.76 bits per heavy atom. The monoisotopic (exact) mass is 371 g/mol. The van der Waals surface area contributed by atoms with Crippen LogP contribution in [0, 0.1) is 6.92 Å². The molecule has 0 saturated carbocycles. The molecule has 1 N–H and O–H groups in total. The summed E-state index contributed by atoms with van der Waals surface area (Å²) in [5.41, 5.74) is 2.99. The van der Waals surface area contributed by atoms with Gasteiger partial charge in [-0.3, -0.25) is 9.78 Å². The Kier molecular flexibility index (Phi) is 5.79. The van der Waals surface area contributed by atoms with Gasteiger partial charge >= 0.3 is 0 Å². The highest BCUT2D eigenvalue weighted by Crippen LogP contribution is 2.27. The summed E-state index contributed by atoms with van der Waals surface area (Å²) in [5.74, 6) is 0.0111. The molecule has 0 spiro atoms. The number of amides is 1. The van der Waals surface area contributed by atoms with Gasteiger partial charge in [0, 0.05) is 40.8 Å². The Bertz CT molecular complexity index is 847. The smallest absolute Gasteiger partial charge is 0.224 e. The van der Waals surface area contributed by atoms with Gasteiger partial charge in [0.2, 0.25) is 5.91 Å². The third kappa shape index (κ3) is 4.87. The number of aromatic nitrogens is 2. The quantitative estimate of drug-likeness (QED) is 0.710. The van der Waals surface area contributed by atoms with Crippen LogP contribution < -0.4 is 5.32 Å². The van der Waals surface area contributed by atoms with Gasteiger partial charge in [0.05, 0.1) is 12.1 Å². The summed E-state index contributed by atoms with van der Waals surface area (Å²) in [5, 5.41) is 4.61. The fourth-order valence-electron chi connectivity index (χ4n) is 2.44. The lowest BCUT2D eigenvalue weighted by Crippen LogP contribution is -2.27. The Hall–Kier alpha value is -2.24. The van der Waals surface area contributed by atoms with E-state index in [0.717, 1.165) is 28.2 Å². The largest absolute Gasteiger partial charge is 0.355 e. The van der Waals surface area contributed by atoms with Crippen molar-refractivity contribution in [1.29, 1.82) is 0 Å². The molecule has 1 aromatic carbocycles. The van der Waals surface area contributed by atoms with Crippen LogP contribution in [0.1, 0.15) is 16.1 Å². The van der Waals surface area contributed by atoms with Gasteiger partial charge < -0.3 is 5.32 Å². The minimum Gasteiger partial charge on any atom is -0.355 e. The second kappa shape index (κ2) is 8.23. The van der Waals surface area contributed by atoms with Crippen molar-refractivity contribution in [2.75, 3.05) is 6.54 Å². The SMILES string of the molecule is Cc1nc(-c2cccnc2)sc1CCNC(=O)Cc1ccc(Cl)cc1. The first-order valence-electron chi connectivity index (χ1n) is 7.99. The number of carbonyl (C=O) groups excluding carboxylic acids is 1. The van der Waals surface area contributed by atoms with Gasteiger partial charge in [-0.2, -0.15) is 0 Å². The molecule has 3 aromatic rings. The Labute approximate surface area is 155 Å². The maximum Gasteiger partial charge on any atom is 0.224 e. The molecule has 2 aromatic heterocycles. The molecular weight excluding hydrogens is 354 g/mol. The van der Waals surface area contributed by atoms with E-state index in [2.05, 4.69) is 15.3 Å². The highest BCUT2D eigenvalue weighted by atomic mass is 35.5. The van der Waals surface area contributed by atoms with Gasteiger partial charge in [0.1, 0.15) is 5.01 Å². The summed E-state index contributed by atoms with van der Waals surface area (Å²) < 4.78 is 0. The summed E-state index contributed by atoms with van der Waals surface area (Å²) in [6.07, 6.45) is 4.70. The van der Waals surface area contributed by atoms with Crippen LogP contribution in [0.5, 0.6) is 0 Å². The highest BCUT2D eigenvalue weighted by molar-refractivity contribution is 7.15. The molecule has 6 heteroatoms. The molecule has 25 heavy (non-hydrogen) atoms. The molecule has 0 bridgehead atoms. The van der Waals surface area contributed by atoms with Gasteiger partial charge in [-0.15, -0.1) is 11.3 Å². The summed E-state index contributed by atoms with van der Waals surface area (Å²) in [4.78, 5) is 22.0. The summed E-state index contributed by atoms with van der Waals surface area (Å²) in [7, 11) is 0. The normalized spacial score (nSPS) is 10.6. The molecule has 0 aliphatic heterocycles. The maximum absolute atomic E-state index is 12.0. The lowest BCUT2D eigenvalue weighted by atomic mass is 10.1. The van der Waals surface area contributed by atoms with Crippen molar-refractivity contribution in [1.82, 2.24) is 15.3 Å². The molecule has 0 atom stereocenters. The van der Waals surface area contributed by atoms with Crippen molar-refractivity contribution in [3.8, 4) is 10.6 Å². The van der Waals surface area contributed by atoms with Crippen molar-refractivity contribution in [2.24, 2.45) is 0 Å². The predicted octanol–water partition coefficient (Wildman–Crippen LogP) is 4.07. The van der Waals surface area contributed by atoms with E-state index in [1.807, 2.05) is 37.4 Å². The van der Waals surface area contributed by atoms with Crippen molar-refractivity contribution in [2.45, 2.75) is 19.8 Å². The Morgan fingerprint density at radius 1 is 1.24 bits per heavy atom. The highest BCUT2D eigenvalue weighted by Gasteiger charge is 2.10. The van der Waals surface area contributed by atoms with E-state index in [1.165, 1.54) is 4.88 Å². The zero-order valence-electron chi connectivity index (χ0n) is 13.8. The van der Waals surface area contributed by atoms with Crippen LogP contribution in [0.15, 0.2) is 48.8 Å². The van der Waals surface area contributed by atoms with Crippen LogP contribution in [0.3, 0.4) is 0 Å². The minimum atomic E-state index is 0.0111. The van der Waals surface area contributed by atoms with E-state index in [1.54, 1.807) is 29.7 Å². The van der Waals surface area contributed by atoms with E-state index in [4.69, 9.17) is 11.6 Å². The summed E-state index contributed by atoms with van der Waals surface area (Å²) >= 11 is 7.50. The van der Waals surface area contributed by atoms with Gasteiger partial charge in [-0.1, -0.05) is 23.7 Å². The fourth-order valence-corrected chi connectivity index (χ4v) is 3.62. The van der Waals surface area contributed by atoms with E-state index >= 15 is 0 Å². The second-order valence-electron chi connectivity index (χ2n) is 5.67. The van der Waals surface area contributed by atoms with E-state index in [9.17, 15) is 4.79 Å². The topological polar surface area (TPSA) is 54.9 Å². The third-order valence-electron chi connectivity index (χ3n) is 3.75. The predicted molar refractivity (Wildman–Crippen MR) is 102 cm³/mol. The first kappa shape index (κ1) is 17.6. The number of aryl methyl sites for hydroxylation is 1. The molecule has 0 radical (unpaired) electrons. The van der Waals surface area contributed by atoms with Crippen molar-refractivity contribution < 1.29 is 4.79 Å². The number of thiazole rings is 1. The van der Waals surface area contributed by atoms with Crippen molar-refractivity contribution in [3.05, 3.63) is 69.9 Å². The average molecular weight is 372 g/mol. The summed E-state index contributed by atoms with van der Waals surface area (Å²) in [6, 6.07) is 11.2. The minimum absolute atomic E-state index is 0.0111. The number of benzene rings is 1. The van der Waals surface area contributed by atoms with E-state index in [0.29, 0.717) is 18.0 Å². The van der Waals surface area contributed by atoms with Gasteiger partial charge in [-0.05, 0) is 36.8 Å². The molecule has 0 unspecified atom stereocenters. The molecule has 128 valence electrons. The van der Waals surface area contributed by atoms with Crippen LogP contribution in [0.25, 0.3) is 10.6 Å². The van der Waals surface area contributed by atoms with Crippen LogP contribution >= 0.6 is 22.9 Å². The van der Waals surface area contributed by atoms with Gasteiger partial charge in [0.25, 0.3) is 0 Å². The molecule has 0 fully saturated rings. The lowest BCUT2D eigenvalue weighted by Gasteiger charge is -2.05. The maximum atomic E-state index is 12.0. The molecule has 0 saturated heterocycles. The first-order chi connectivity index (χ1) is 12.1.